The SMILES string of the molecule is FC(F)(F)CCNc1ccccc1-c1ccccc1. The van der Waals surface area contributed by atoms with Crippen LogP contribution >= 0.6 is 0 Å². The summed E-state index contributed by atoms with van der Waals surface area (Å²) in [5, 5.41) is 2.85. The molecule has 0 radical (unpaired) electrons. The maximum Gasteiger partial charge on any atom is 0.390 e. The standard InChI is InChI=1S/C15H14F3N/c16-15(17,18)10-11-19-14-9-5-4-8-13(14)12-6-2-1-3-7-12/h1-9,19H,10-11H2. The van der Waals surface area contributed by atoms with E-state index < -0.39 is 12.6 Å². The second-order valence-electron chi connectivity index (χ2n) is 4.20. The number of anilines is 1. The number of rotatable bonds is 4. The molecule has 4 heteroatoms. The van der Waals surface area contributed by atoms with E-state index in [0.29, 0.717) is 0 Å². The minimum Gasteiger partial charge on any atom is -0.384 e. The lowest BCUT2D eigenvalue weighted by Crippen LogP contribution is -2.14. The van der Waals surface area contributed by atoms with Crippen molar-refractivity contribution in [2.75, 3.05) is 11.9 Å². The molecule has 0 saturated heterocycles. The largest absolute Gasteiger partial charge is 0.390 e. The molecule has 2 rings (SSSR count). The lowest BCUT2D eigenvalue weighted by atomic mass is 10.0. The normalized spacial score (nSPS) is 11.3. The zero-order valence-corrected chi connectivity index (χ0v) is 10.2. The first kappa shape index (κ1) is 13.5. The Kier molecular flexibility index (Phi) is 4.10. The van der Waals surface area contributed by atoms with Crippen molar-refractivity contribution in [1.29, 1.82) is 0 Å². The number of alkyl halides is 3. The predicted octanol–water partition coefficient (Wildman–Crippen LogP) is 4.72. The molecule has 0 saturated carbocycles. The molecule has 100 valence electrons. The molecule has 2 aromatic rings. The molecular formula is C15H14F3N. The van der Waals surface area contributed by atoms with E-state index in [4.69, 9.17) is 0 Å². The van der Waals surface area contributed by atoms with Gasteiger partial charge in [0, 0.05) is 17.8 Å². The van der Waals surface area contributed by atoms with Gasteiger partial charge in [-0.05, 0) is 11.6 Å². The van der Waals surface area contributed by atoms with Gasteiger partial charge in [0.25, 0.3) is 0 Å². The highest BCUT2D eigenvalue weighted by atomic mass is 19.4. The maximum atomic E-state index is 12.1. The molecule has 0 aliphatic heterocycles. The number of hydrogen-bond acceptors (Lipinski definition) is 1. The van der Waals surface area contributed by atoms with Crippen molar-refractivity contribution >= 4 is 5.69 Å². The lowest BCUT2D eigenvalue weighted by Gasteiger charge is -2.13. The Labute approximate surface area is 110 Å². The Balaban J connectivity index is 2.14. The van der Waals surface area contributed by atoms with Crippen LogP contribution in [-0.4, -0.2) is 12.7 Å². The topological polar surface area (TPSA) is 12.0 Å². The molecule has 0 bridgehead atoms. The van der Waals surface area contributed by atoms with Gasteiger partial charge in [-0.2, -0.15) is 13.2 Å². The fraction of sp³-hybridized carbons (Fsp3) is 0.200. The summed E-state index contributed by atoms with van der Waals surface area (Å²) in [6, 6.07) is 16.9. The van der Waals surface area contributed by atoms with Gasteiger partial charge in [0.05, 0.1) is 6.42 Å². The third-order valence-electron chi connectivity index (χ3n) is 2.74. The summed E-state index contributed by atoms with van der Waals surface area (Å²) >= 11 is 0. The Hall–Kier alpha value is -1.97. The molecule has 0 amide bonds. The monoisotopic (exact) mass is 265 g/mol. The van der Waals surface area contributed by atoms with Crippen LogP contribution < -0.4 is 5.32 Å². The van der Waals surface area contributed by atoms with Gasteiger partial charge < -0.3 is 5.32 Å². The second kappa shape index (κ2) is 5.78. The second-order valence-corrected chi connectivity index (χ2v) is 4.20. The number of nitrogens with one attached hydrogen (secondary N) is 1. The molecule has 0 unspecified atom stereocenters. The van der Waals surface area contributed by atoms with E-state index in [1.165, 1.54) is 0 Å². The zero-order valence-electron chi connectivity index (χ0n) is 10.2. The van der Waals surface area contributed by atoms with Gasteiger partial charge in [-0.25, -0.2) is 0 Å². The van der Waals surface area contributed by atoms with Crippen LogP contribution in [-0.2, 0) is 0 Å². The van der Waals surface area contributed by atoms with E-state index in [-0.39, 0.29) is 6.54 Å². The summed E-state index contributed by atoms with van der Waals surface area (Å²) in [4.78, 5) is 0. The van der Waals surface area contributed by atoms with Crippen LogP contribution in [0.25, 0.3) is 11.1 Å². The minimum absolute atomic E-state index is 0.118. The molecule has 19 heavy (non-hydrogen) atoms. The van der Waals surface area contributed by atoms with Crippen LogP contribution in [0.2, 0.25) is 0 Å². The molecule has 0 spiro atoms. The number of benzene rings is 2. The zero-order chi connectivity index (χ0) is 13.7. The van der Waals surface area contributed by atoms with Gasteiger partial charge in [-0.3, -0.25) is 0 Å². The highest BCUT2D eigenvalue weighted by molar-refractivity contribution is 5.77. The first-order valence-electron chi connectivity index (χ1n) is 6.01. The Bertz CT molecular complexity index is 520. The first-order valence-corrected chi connectivity index (χ1v) is 6.01. The predicted molar refractivity (Wildman–Crippen MR) is 71.0 cm³/mol. The quantitative estimate of drug-likeness (QED) is 0.843. The van der Waals surface area contributed by atoms with Crippen LogP contribution in [0.15, 0.2) is 54.6 Å². The summed E-state index contributed by atoms with van der Waals surface area (Å²) in [6.45, 7) is -0.118. The molecule has 0 aliphatic carbocycles. The highest BCUT2D eigenvalue weighted by Crippen LogP contribution is 2.28. The molecule has 1 N–H and O–H groups in total. The van der Waals surface area contributed by atoms with E-state index in [1.807, 2.05) is 48.5 Å². The summed E-state index contributed by atoms with van der Waals surface area (Å²) in [7, 11) is 0. The van der Waals surface area contributed by atoms with Gasteiger partial charge in [-0.15, -0.1) is 0 Å². The van der Waals surface area contributed by atoms with E-state index in [1.54, 1.807) is 6.07 Å². The smallest absolute Gasteiger partial charge is 0.384 e. The minimum atomic E-state index is -4.13. The van der Waals surface area contributed by atoms with E-state index >= 15 is 0 Å². The number of para-hydroxylation sites is 1. The van der Waals surface area contributed by atoms with Crippen molar-refractivity contribution in [3.63, 3.8) is 0 Å². The van der Waals surface area contributed by atoms with Crippen molar-refractivity contribution < 1.29 is 13.2 Å². The molecule has 0 aliphatic rings. The van der Waals surface area contributed by atoms with E-state index in [0.717, 1.165) is 16.8 Å². The van der Waals surface area contributed by atoms with Gasteiger partial charge in [0.15, 0.2) is 0 Å². The first-order chi connectivity index (χ1) is 9.06. The summed E-state index contributed by atoms with van der Waals surface area (Å²) in [6.07, 6.45) is -4.97. The van der Waals surface area contributed by atoms with E-state index in [2.05, 4.69) is 5.32 Å². The third-order valence-corrected chi connectivity index (χ3v) is 2.74. The summed E-state index contributed by atoms with van der Waals surface area (Å²) in [5.74, 6) is 0. The van der Waals surface area contributed by atoms with Crippen molar-refractivity contribution in [1.82, 2.24) is 0 Å². The Morgan fingerprint density at radius 1 is 0.842 bits per heavy atom. The fourth-order valence-electron chi connectivity index (χ4n) is 1.85. The molecule has 1 nitrogen and oxygen atoms in total. The van der Waals surface area contributed by atoms with Crippen molar-refractivity contribution in [2.24, 2.45) is 0 Å². The highest BCUT2D eigenvalue weighted by Gasteiger charge is 2.26. The van der Waals surface area contributed by atoms with Crippen molar-refractivity contribution in [3.8, 4) is 11.1 Å². The maximum absolute atomic E-state index is 12.1. The van der Waals surface area contributed by atoms with Gasteiger partial charge in [0.1, 0.15) is 0 Å². The van der Waals surface area contributed by atoms with Crippen LogP contribution in [0.5, 0.6) is 0 Å². The molecule has 0 atom stereocenters. The average molecular weight is 265 g/mol. The third kappa shape index (κ3) is 4.02. The molecule has 0 heterocycles. The fourth-order valence-corrected chi connectivity index (χ4v) is 1.85. The summed E-state index contributed by atoms with van der Waals surface area (Å²) in [5.41, 5.74) is 2.61. The molecule has 0 fully saturated rings. The van der Waals surface area contributed by atoms with Gasteiger partial charge in [0.2, 0.25) is 0 Å². The Morgan fingerprint density at radius 3 is 2.16 bits per heavy atom. The number of halogens is 3. The molecular weight excluding hydrogens is 251 g/mol. The van der Waals surface area contributed by atoms with Crippen LogP contribution in [0.3, 0.4) is 0 Å². The van der Waals surface area contributed by atoms with Crippen molar-refractivity contribution in [2.45, 2.75) is 12.6 Å². The van der Waals surface area contributed by atoms with E-state index in [9.17, 15) is 13.2 Å². The van der Waals surface area contributed by atoms with Crippen LogP contribution in [0.4, 0.5) is 18.9 Å². The molecule has 2 aromatic carbocycles. The average Bonchev–Trinajstić information content (AvgIpc) is 2.39. The van der Waals surface area contributed by atoms with Gasteiger partial charge in [-0.1, -0.05) is 48.5 Å². The van der Waals surface area contributed by atoms with Gasteiger partial charge >= 0.3 is 6.18 Å². The lowest BCUT2D eigenvalue weighted by molar-refractivity contribution is -0.131. The van der Waals surface area contributed by atoms with Crippen LogP contribution in [0, 0.1) is 0 Å². The van der Waals surface area contributed by atoms with Crippen LogP contribution in [0.1, 0.15) is 6.42 Å². The summed E-state index contributed by atoms with van der Waals surface area (Å²) < 4.78 is 36.4. The Morgan fingerprint density at radius 2 is 1.47 bits per heavy atom. The van der Waals surface area contributed by atoms with Crippen molar-refractivity contribution in [3.05, 3.63) is 54.6 Å². The molecule has 0 aromatic heterocycles. The number of hydrogen-bond donors (Lipinski definition) is 1.